The molecule has 5 nitrogen and oxygen atoms in total. The summed E-state index contributed by atoms with van der Waals surface area (Å²) in [6, 6.07) is 0.0699. The molecule has 17 heavy (non-hydrogen) atoms. The summed E-state index contributed by atoms with van der Waals surface area (Å²) in [6.07, 6.45) is 2.79. The van der Waals surface area contributed by atoms with Crippen LogP contribution < -0.4 is 5.32 Å². The molecular weight excluding hydrogens is 220 g/mol. The lowest BCUT2D eigenvalue weighted by Crippen LogP contribution is -2.48. The number of carboxylic acid groups (broad SMARTS) is 1. The van der Waals surface area contributed by atoms with Crippen LogP contribution >= 0.6 is 0 Å². The van der Waals surface area contributed by atoms with Gasteiger partial charge in [-0.1, -0.05) is 0 Å². The first-order valence-corrected chi connectivity index (χ1v) is 6.29. The van der Waals surface area contributed by atoms with Gasteiger partial charge in [0.25, 0.3) is 0 Å². The van der Waals surface area contributed by atoms with Crippen LogP contribution in [0, 0.1) is 5.92 Å². The first-order valence-electron chi connectivity index (χ1n) is 6.29. The second kappa shape index (κ2) is 4.64. The fraction of sp³-hybridized carbons (Fsp3) is 0.833. The monoisotopic (exact) mass is 240 g/mol. The lowest BCUT2D eigenvalue weighted by atomic mass is 10.0. The maximum Gasteiger partial charge on any atom is 0.308 e. The lowest BCUT2D eigenvalue weighted by Gasteiger charge is -2.28. The van der Waals surface area contributed by atoms with Crippen LogP contribution in [0.25, 0.3) is 0 Å². The van der Waals surface area contributed by atoms with Gasteiger partial charge in [-0.05, 0) is 33.1 Å². The predicted octanol–water partition coefficient (Wildman–Crippen LogP) is 0.449. The van der Waals surface area contributed by atoms with E-state index in [1.54, 1.807) is 0 Å². The molecule has 5 heteroatoms. The van der Waals surface area contributed by atoms with Gasteiger partial charge in [0.15, 0.2) is 0 Å². The lowest BCUT2D eigenvalue weighted by molar-refractivity contribution is -0.143. The third-order valence-electron chi connectivity index (χ3n) is 3.92. The minimum atomic E-state index is -0.755. The Balaban J connectivity index is 1.92. The molecule has 1 saturated heterocycles. The van der Waals surface area contributed by atoms with E-state index in [0.717, 1.165) is 12.8 Å². The normalized spacial score (nSPS) is 31.2. The number of amides is 1. The summed E-state index contributed by atoms with van der Waals surface area (Å²) in [5.74, 6) is -1.06. The van der Waals surface area contributed by atoms with E-state index in [2.05, 4.69) is 5.32 Å². The van der Waals surface area contributed by atoms with Crippen LogP contribution in [0.3, 0.4) is 0 Å². The standard InChI is InChI=1S/C12H20N2O3/c1-7-10(12(16)17)5-6-14(7)8(2)11(15)13-9-3-4-9/h7-10H,3-6H2,1-2H3,(H,13,15)(H,16,17). The van der Waals surface area contributed by atoms with Gasteiger partial charge >= 0.3 is 5.97 Å². The largest absolute Gasteiger partial charge is 0.481 e. The van der Waals surface area contributed by atoms with Gasteiger partial charge < -0.3 is 10.4 Å². The Kier molecular flexibility index (Phi) is 3.38. The zero-order valence-electron chi connectivity index (χ0n) is 10.3. The van der Waals surface area contributed by atoms with Gasteiger partial charge in [-0.15, -0.1) is 0 Å². The first kappa shape index (κ1) is 12.4. The molecule has 2 N–H and O–H groups in total. The zero-order chi connectivity index (χ0) is 12.6. The van der Waals surface area contributed by atoms with Crippen LogP contribution in [0.2, 0.25) is 0 Å². The molecule has 2 fully saturated rings. The van der Waals surface area contributed by atoms with E-state index in [1.807, 2.05) is 18.7 Å². The fourth-order valence-corrected chi connectivity index (χ4v) is 2.54. The molecule has 1 heterocycles. The molecule has 0 aromatic rings. The van der Waals surface area contributed by atoms with E-state index in [0.29, 0.717) is 19.0 Å². The van der Waals surface area contributed by atoms with E-state index in [9.17, 15) is 9.59 Å². The predicted molar refractivity (Wildman–Crippen MR) is 62.5 cm³/mol. The first-order chi connectivity index (χ1) is 8.00. The molecule has 1 aliphatic heterocycles. The Morgan fingerprint density at radius 3 is 2.47 bits per heavy atom. The van der Waals surface area contributed by atoms with Crippen molar-refractivity contribution in [1.29, 1.82) is 0 Å². The Hall–Kier alpha value is -1.10. The minimum absolute atomic E-state index is 0.0328. The van der Waals surface area contributed by atoms with Crippen LogP contribution in [-0.4, -0.2) is 46.6 Å². The molecule has 96 valence electrons. The number of carboxylic acids is 1. The molecule has 0 radical (unpaired) electrons. The van der Waals surface area contributed by atoms with Crippen LogP contribution in [-0.2, 0) is 9.59 Å². The highest BCUT2D eigenvalue weighted by Crippen LogP contribution is 2.27. The molecule has 0 bridgehead atoms. The van der Waals surface area contributed by atoms with Crippen molar-refractivity contribution in [3.8, 4) is 0 Å². The summed E-state index contributed by atoms with van der Waals surface area (Å²) < 4.78 is 0. The molecule has 1 amide bonds. The molecule has 2 rings (SSSR count). The Morgan fingerprint density at radius 1 is 1.35 bits per heavy atom. The summed E-state index contributed by atoms with van der Waals surface area (Å²) in [6.45, 7) is 4.45. The number of hydrogen-bond acceptors (Lipinski definition) is 3. The number of carbonyl (C=O) groups is 2. The highest BCUT2D eigenvalue weighted by Gasteiger charge is 2.40. The second-order valence-corrected chi connectivity index (χ2v) is 5.17. The number of likely N-dealkylation sites (tertiary alicyclic amines) is 1. The Labute approximate surface area is 101 Å². The van der Waals surface area contributed by atoms with Crippen LogP contribution in [0.4, 0.5) is 0 Å². The average molecular weight is 240 g/mol. The summed E-state index contributed by atoms with van der Waals surface area (Å²) >= 11 is 0. The van der Waals surface area contributed by atoms with Crippen LogP contribution in [0.1, 0.15) is 33.1 Å². The van der Waals surface area contributed by atoms with Crippen molar-refractivity contribution in [1.82, 2.24) is 10.2 Å². The quantitative estimate of drug-likeness (QED) is 0.748. The van der Waals surface area contributed by atoms with Crippen LogP contribution in [0.15, 0.2) is 0 Å². The second-order valence-electron chi connectivity index (χ2n) is 5.17. The third kappa shape index (κ3) is 2.60. The number of hydrogen-bond donors (Lipinski definition) is 2. The number of rotatable bonds is 4. The van der Waals surface area contributed by atoms with Gasteiger partial charge in [0, 0.05) is 18.6 Å². The molecule has 1 saturated carbocycles. The summed E-state index contributed by atoms with van der Waals surface area (Å²) in [4.78, 5) is 24.9. The smallest absolute Gasteiger partial charge is 0.308 e. The van der Waals surface area contributed by atoms with Crippen molar-refractivity contribution in [3.63, 3.8) is 0 Å². The van der Waals surface area contributed by atoms with Crippen LogP contribution in [0.5, 0.6) is 0 Å². The van der Waals surface area contributed by atoms with Gasteiger partial charge in [-0.25, -0.2) is 0 Å². The van der Waals surface area contributed by atoms with E-state index >= 15 is 0 Å². The highest BCUT2D eigenvalue weighted by atomic mass is 16.4. The molecular formula is C12H20N2O3. The fourth-order valence-electron chi connectivity index (χ4n) is 2.54. The van der Waals surface area contributed by atoms with E-state index in [4.69, 9.17) is 5.11 Å². The molecule has 3 unspecified atom stereocenters. The van der Waals surface area contributed by atoms with Gasteiger partial charge in [0.2, 0.25) is 5.91 Å². The van der Waals surface area contributed by atoms with E-state index < -0.39 is 5.97 Å². The van der Waals surface area contributed by atoms with Gasteiger partial charge in [-0.3, -0.25) is 14.5 Å². The van der Waals surface area contributed by atoms with Gasteiger partial charge in [-0.2, -0.15) is 0 Å². The number of carbonyl (C=O) groups excluding carboxylic acids is 1. The van der Waals surface area contributed by atoms with Gasteiger partial charge in [0.05, 0.1) is 12.0 Å². The number of aliphatic carboxylic acids is 1. The van der Waals surface area contributed by atoms with Crippen molar-refractivity contribution in [2.75, 3.05) is 6.54 Å². The maximum atomic E-state index is 11.9. The highest BCUT2D eigenvalue weighted by molar-refractivity contribution is 5.82. The zero-order valence-corrected chi connectivity index (χ0v) is 10.3. The Bertz CT molecular complexity index is 328. The SMILES string of the molecule is CC(C(=O)NC1CC1)N1CCC(C(=O)O)C1C. The van der Waals surface area contributed by atoms with Crippen molar-refractivity contribution in [2.24, 2.45) is 5.92 Å². The molecule has 2 aliphatic rings. The minimum Gasteiger partial charge on any atom is -0.481 e. The molecule has 0 spiro atoms. The number of nitrogens with zero attached hydrogens (tertiary/aromatic N) is 1. The third-order valence-corrected chi connectivity index (χ3v) is 3.92. The number of nitrogens with one attached hydrogen (secondary N) is 1. The summed E-state index contributed by atoms with van der Waals surface area (Å²) in [5, 5.41) is 12.0. The molecule has 0 aromatic heterocycles. The van der Waals surface area contributed by atoms with Crippen molar-refractivity contribution >= 4 is 11.9 Å². The van der Waals surface area contributed by atoms with Crippen molar-refractivity contribution in [2.45, 2.75) is 51.2 Å². The Morgan fingerprint density at radius 2 is 2.00 bits per heavy atom. The summed E-state index contributed by atoms with van der Waals surface area (Å²) in [5.41, 5.74) is 0. The summed E-state index contributed by atoms with van der Waals surface area (Å²) in [7, 11) is 0. The average Bonchev–Trinajstić information content (AvgIpc) is 2.98. The van der Waals surface area contributed by atoms with Gasteiger partial charge in [0.1, 0.15) is 0 Å². The van der Waals surface area contributed by atoms with Crippen molar-refractivity contribution < 1.29 is 14.7 Å². The van der Waals surface area contributed by atoms with E-state index in [1.165, 1.54) is 0 Å². The molecule has 0 aromatic carbocycles. The van der Waals surface area contributed by atoms with E-state index in [-0.39, 0.29) is 23.9 Å². The topological polar surface area (TPSA) is 69.6 Å². The maximum absolute atomic E-state index is 11.9. The molecule has 3 atom stereocenters. The van der Waals surface area contributed by atoms with Crippen molar-refractivity contribution in [3.05, 3.63) is 0 Å². The molecule has 1 aliphatic carbocycles.